The van der Waals surface area contributed by atoms with Crippen LogP contribution in [0.4, 0.5) is 16.2 Å². The molecule has 0 spiro atoms. The Kier molecular flexibility index (Phi) is 5.97. The number of carbonyl (C=O) groups is 2. The number of amides is 3. The molecule has 0 unspecified atom stereocenters. The van der Waals surface area contributed by atoms with E-state index in [-0.39, 0.29) is 18.0 Å². The summed E-state index contributed by atoms with van der Waals surface area (Å²) in [7, 11) is 1.60. The maximum absolute atomic E-state index is 12.7. The van der Waals surface area contributed by atoms with E-state index in [4.69, 9.17) is 4.74 Å². The van der Waals surface area contributed by atoms with Gasteiger partial charge in [0, 0.05) is 28.9 Å². The van der Waals surface area contributed by atoms with Crippen LogP contribution in [0.1, 0.15) is 29.9 Å². The van der Waals surface area contributed by atoms with Gasteiger partial charge >= 0.3 is 6.03 Å². The number of fused-ring (bicyclic) bond motifs is 1. The molecule has 7 heteroatoms. The Labute approximate surface area is 169 Å². The molecule has 7 nitrogen and oxygen atoms in total. The van der Waals surface area contributed by atoms with Gasteiger partial charge in [0.1, 0.15) is 5.75 Å². The second kappa shape index (κ2) is 8.60. The number of rotatable bonds is 5. The topological polar surface area (TPSA) is 92.4 Å². The first-order valence-electron chi connectivity index (χ1n) is 9.30. The molecule has 0 bridgehead atoms. The van der Waals surface area contributed by atoms with Crippen molar-refractivity contribution in [1.82, 2.24) is 10.3 Å². The van der Waals surface area contributed by atoms with Crippen molar-refractivity contribution in [2.45, 2.75) is 26.8 Å². The predicted octanol–water partition coefficient (Wildman–Crippen LogP) is 4.33. The van der Waals surface area contributed by atoms with E-state index < -0.39 is 0 Å². The molecule has 0 atom stereocenters. The zero-order valence-electron chi connectivity index (χ0n) is 16.9. The van der Waals surface area contributed by atoms with Gasteiger partial charge < -0.3 is 20.7 Å². The summed E-state index contributed by atoms with van der Waals surface area (Å²) in [6.45, 7) is 5.57. The van der Waals surface area contributed by atoms with Gasteiger partial charge in [-0.05, 0) is 63.2 Å². The smallest absolute Gasteiger partial charge is 0.319 e. The number of urea groups is 1. The molecular formula is C22H24N4O3. The van der Waals surface area contributed by atoms with Crippen LogP contribution >= 0.6 is 0 Å². The quantitative estimate of drug-likeness (QED) is 0.602. The van der Waals surface area contributed by atoms with Crippen molar-refractivity contribution in [3.63, 3.8) is 0 Å². The van der Waals surface area contributed by atoms with Gasteiger partial charge in [-0.25, -0.2) is 4.79 Å². The maximum Gasteiger partial charge on any atom is 0.319 e. The van der Waals surface area contributed by atoms with Crippen LogP contribution in [0, 0.1) is 6.92 Å². The standard InChI is InChI=1S/C22H24N4O3/c1-13(2)23-22(28)26-17-8-6-16(7-9-17)25-21(27)19-11-15-5-10-18(29-4)12-20(15)24-14(19)3/h5-13H,1-4H3,(H,25,27)(H2,23,26,28). The van der Waals surface area contributed by atoms with Crippen molar-refractivity contribution in [3.8, 4) is 5.75 Å². The van der Waals surface area contributed by atoms with Gasteiger partial charge in [0.15, 0.2) is 0 Å². The molecule has 29 heavy (non-hydrogen) atoms. The molecule has 0 aliphatic heterocycles. The highest BCUT2D eigenvalue weighted by atomic mass is 16.5. The first kappa shape index (κ1) is 20.1. The first-order valence-corrected chi connectivity index (χ1v) is 9.30. The third-order valence-corrected chi connectivity index (χ3v) is 4.28. The van der Waals surface area contributed by atoms with E-state index >= 15 is 0 Å². The number of anilines is 2. The largest absolute Gasteiger partial charge is 0.497 e. The van der Waals surface area contributed by atoms with Gasteiger partial charge in [0.25, 0.3) is 5.91 Å². The molecule has 0 saturated heterocycles. The second-order valence-electron chi connectivity index (χ2n) is 6.96. The molecule has 3 amide bonds. The normalized spacial score (nSPS) is 10.7. The van der Waals surface area contributed by atoms with Crippen molar-refractivity contribution < 1.29 is 14.3 Å². The number of hydrogen-bond acceptors (Lipinski definition) is 4. The number of nitrogens with one attached hydrogen (secondary N) is 3. The lowest BCUT2D eigenvalue weighted by molar-refractivity contribution is 0.102. The SMILES string of the molecule is COc1ccc2cc(C(=O)Nc3ccc(NC(=O)NC(C)C)cc3)c(C)nc2c1. The number of pyridine rings is 1. The van der Waals surface area contributed by atoms with E-state index in [9.17, 15) is 9.59 Å². The fourth-order valence-electron chi connectivity index (χ4n) is 2.86. The van der Waals surface area contributed by atoms with Crippen molar-refractivity contribution in [3.05, 3.63) is 59.8 Å². The summed E-state index contributed by atoms with van der Waals surface area (Å²) in [5.41, 5.74) is 3.17. The summed E-state index contributed by atoms with van der Waals surface area (Å²) in [4.78, 5) is 29.0. The molecule has 150 valence electrons. The summed E-state index contributed by atoms with van der Waals surface area (Å²) in [6, 6.07) is 14.1. The Morgan fingerprint density at radius 1 is 0.966 bits per heavy atom. The lowest BCUT2D eigenvalue weighted by Gasteiger charge is -2.12. The summed E-state index contributed by atoms with van der Waals surface area (Å²) >= 11 is 0. The van der Waals surface area contributed by atoms with Gasteiger partial charge in [-0.3, -0.25) is 9.78 Å². The lowest BCUT2D eigenvalue weighted by atomic mass is 10.1. The van der Waals surface area contributed by atoms with Crippen molar-refractivity contribution in [2.24, 2.45) is 0 Å². The minimum atomic E-state index is -0.272. The minimum absolute atomic E-state index is 0.0495. The number of methoxy groups -OCH3 is 1. The number of benzene rings is 2. The zero-order chi connectivity index (χ0) is 21.0. The molecule has 1 heterocycles. The fourth-order valence-corrected chi connectivity index (χ4v) is 2.86. The Bertz CT molecular complexity index is 1050. The van der Waals surface area contributed by atoms with E-state index in [1.807, 2.05) is 38.1 Å². The predicted molar refractivity (Wildman–Crippen MR) is 115 cm³/mol. The average molecular weight is 392 g/mol. The van der Waals surface area contributed by atoms with E-state index in [1.165, 1.54) is 0 Å². The van der Waals surface area contributed by atoms with Crippen molar-refractivity contribution in [2.75, 3.05) is 17.7 Å². The number of ether oxygens (including phenoxy) is 1. The molecule has 0 aliphatic rings. The highest BCUT2D eigenvalue weighted by Crippen LogP contribution is 2.22. The number of hydrogen-bond donors (Lipinski definition) is 3. The Hall–Kier alpha value is -3.61. The summed E-state index contributed by atoms with van der Waals surface area (Å²) in [5.74, 6) is 0.475. The summed E-state index contributed by atoms with van der Waals surface area (Å²) < 4.78 is 5.22. The highest BCUT2D eigenvalue weighted by molar-refractivity contribution is 6.07. The van der Waals surface area contributed by atoms with Gasteiger partial charge in [-0.15, -0.1) is 0 Å². The molecule has 3 aromatic rings. The van der Waals surface area contributed by atoms with Crippen LogP contribution in [-0.2, 0) is 0 Å². The minimum Gasteiger partial charge on any atom is -0.497 e. The van der Waals surface area contributed by atoms with E-state index in [0.717, 1.165) is 16.7 Å². The number of carbonyl (C=O) groups excluding carboxylic acids is 2. The molecule has 0 saturated carbocycles. The fraction of sp³-hybridized carbons (Fsp3) is 0.227. The Balaban J connectivity index is 1.73. The van der Waals surface area contributed by atoms with E-state index in [0.29, 0.717) is 22.6 Å². The summed E-state index contributed by atoms with van der Waals surface area (Å²) in [6.07, 6.45) is 0. The molecule has 1 aromatic heterocycles. The molecule has 2 aromatic carbocycles. The highest BCUT2D eigenvalue weighted by Gasteiger charge is 2.13. The number of nitrogens with zero attached hydrogens (tertiary/aromatic N) is 1. The number of aryl methyl sites for hydroxylation is 1. The van der Waals surface area contributed by atoms with Gasteiger partial charge in [-0.2, -0.15) is 0 Å². The van der Waals surface area contributed by atoms with Crippen LogP contribution < -0.4 is 20.7 Å². The molecule has 3 rings (SSSR count). The van der Waals surface area contributed by atoms with Crippen LogP contribution in [0.2, 0.25) is 0 Å². The lowest BCUT2D eigenvalue weighted by Crippen LogP contribution is -2.34. The zero-order valence-corrected chi connectivity index (χ0v) is 16.9. The molecule has 0 aliphatic carbocycles. The van der Waals surface area contributed by atoms with Crippen LogP contribution in [-0.4, -0.2) is 30.1 Å². The first-order chi connectivity index (χ1) is 13.9. The second-order valence-corrected chi connectivity index (χ2v) is 6.96. The Morgan fingerprint density at radius 3 is 2.24 bits per heavy atom. The molecular weight excluding hydrogens is 368 g/mol. The van der Waals surface area contributed by atoms with Crippen LogP contribution in [0.15, 0.2) is 48.5 Å². The van der Waals surface area contributed by atoms with Crippen molar-refractivity contribution >= 4 is 34.2 Å². The van der Waals surface area contributed by atoms with E-state index in [2.05, 4.69) is 20.9 Å². The van der Waals surface area contributed by atoms with Gasteiger partial charge in [0.05, 0.1) is 23.9 Å². The monoisotopic (exact) mass is 392 g/mol. The summed E-state index contributed by atoms with van der Waals surface area (Å²) in [5, 5.41) is 9.22. The van der Waals surface area contributed by atoms with Gasteiger partial charge in [-0.1, -0.05) is 0 Å². The van der Waals surface area contributed by atoms with Gasteiger partial charge in [0.2, 0.25) is 0 Å². The molecule has 0 radical (unpaired) electrons. The van der Waals surface area contributed by atoms with Crippen LogP contribution in [0.25, 0.3) is 10.9 Å². The molecule has 0 fully saturated rings. The average Bonchev–Trinajstić information content (AvgIpc) is 2.67. The maximum atomic E-state index is 12.7. The van der Waals surface area contributed by atoms with Crippen LogP contribution in [0.3, 0.4) is 0 Å². The third-order valence-electron chi connectivity index (χ3n) is 4.28. The van der Waals surface area contributed by atoms with Crippen LogP contribution in [0.5, 0.6) is 5.75 Å². The van der Waals surface area contributed by atoms with Crippen molar-refractivity contribution in [1.29, 1.82) is 0 Å². The Morgan fingerprint density at radius 2 is 1.62 bits per heavy atom. The molecule has 3 N–H and O–H groups in total. The number of aromatic nitrogens is 1. The van der Waals surface area contributed by atoms with E-state index in [1.54, 1.807) is 38.3 Å². The third kappa shape index (κ3) is 5.01.